The molecular formula is C26H30O6S. The number of benzene rings is 3. The molecule has 0 aliphatic heterocycles. The lowest BCUT2D eigenvalue weighted by atomic mass is 9.97. The fourth-order valence-corrected chi connectivity index (χ4v) is 4.70. The highest BCUT2D eigenvalue weighted by molar-refractivity contribution is 7.86. The standard InChI is InChI=1S/C26H30O6S/c1-17-6-12-25(13-7-17)33(28,29)32-19(3)14-18(2)31-26(27)20(4)21-8-9-23-16-24(30-5)11-10-22(23)15-21/h6-13,15-16,18-20H,14H2,1-5H3. The minimum atomic E-state index is -3.88. The summed E-state index contributed by atoms with van der Waals surface area (Å²) in [6, 6.07) is 18.1. The summed E-state index contributed by atoms with van der Waals surface area (Å²) in [5, 5.41) is 2.03. The van der Waals surface area contributed by atoms with Crippen LogP contribution in [0.4, 0.5) is 0 Å². The molecule has 176 valence electrons. The van der Waals surface area contributed by atoms with Gasteiger partial charge >= 0.3 is 5.97 Å². The van der Waals surface area contributed by atoms with Crippen molar-refractivity contribution in [3.63, 3.8) is 0 Å². The SMILES string of the molecule is COc1ccc2cc(C(C)C(=O)OC(C)CC(C)OS(=O)(=O)c3ccc(C)cc3)ccc2c1. The predicted octanol–water partition coefficient (Wildman–Crippen LogP) is 5.38. The molecule has 0 aromatic heterocycles. The maximum atomic E-state index is 12.7. The lowest BCUT2D eigenvalue weighted by Gasteiger charge is -2.20. The molecule has 3 unspecified atom stereocenters. The van der Waals surface area contributed by atoms with E-state index >= 15 is 0 Å². The smallest absolute Gasteiger partial charge is 0.313 e. The normalized spacial score (nSPS) is 14.5. The van der Waals surface area contributed by atoms with Crippen molar-refractivity contribution in [3.8, 4) is 5.75 Å². The average molecular weight is 471 g/mol. The Labute approximate surface area is 195 Å². The van der Waals surface area contributed by atoms with Gasteiger partial charge in [0.15, 0.2) is 0 Å². The summed E-state index contributed by atoms with van der Waals surface area (Å²) in [5.74, 6) is -0.0623. The van der Waals surface area contributed by atoms with E-state index in [0.29, 0.717) is 0 Å². The number of methoxy groups -OCH3 is 1. The minimum Gasteiger partial charge on any atom is -0.497 e. The van der Waals surface area contributed by atoms with E-state index < -0.39 is 28.2 Å². The third-order valence-corrected chi connectivity index (χ3v) is 6.94. The van der Waals surface area contributed by atoms with Crippen LogP contribution in [0.2, 0.25) is 0 Å². The molecule has 0 aliphatic rings. The van der Waals surface area contributed by atoms with Crippen LogP contribution in [0.15, 0.2) is 65.6 Å². The number of rotatable bonds is 9. The Balaban J connectivity index is 1.59. The van der Waals surface area contributed by atoms with Crippen LogP contribution in [-0.2, 0) is 23.8 Å². The maximum absolute atomic E-state index is 12.7. The molecule has 3 atom stereocenters. The number of hydrogen-bond donors (Lipinski definition) is 0. The van der Waals surface area contributed by atoms with E-state index in [-0.39, 0.29) is 17.3 Å². The summed E-state index contributed by atoms with van der Waals surface area (Å²) < 4.78 is 41.1. The first kappa shape index (κ1) is 24.7. The van der Waals surface area contributed by atoms with Crippen molar-refractivity contribution in [2.75, 3.05) is 7.11 Å². The third kappa shape index (κ3) is 6.33. The third-order valence-electron chi connectivity index (χ3n) is 5.51. The maximum Gasteiger partial charge on any atom is 0.313 e. The van der Waals surface area contributed by atoms with Gasteiger partial charge in [-0.15, -0.1) is 0 Å². The fourth-order valence-electron chi connectivity index (χ4n) is 3.61. The second-order valence-electron chi connectivity index (χ2n) is 8.35. The van der Waals surface area contributed by atoms with Crippen molar-refractivity contribution in [2.45, 2.75) is 57.1 Å². The average Bonchev–Trinajstić information content (AvgIpc) is 2.77. The Bertz CT molecular complexity index is 1220. The van der Waals surface area contributed by atoms with E-state index in [1.54, 1.807) is 40.0 Å². The molecule has 33 heavy (non-hydrogen) atoms. The van der Waals surface area contributed by atoms with Crippen molar-refractivity contribution in [2.24, 2.45) is 0 Å². The topological polar surface area (TPSA) is 78.9 Å². The molecule has 3 aromatic rings. The van der Waals surface area contributed by atoms with Crippen LogP contribution in [0.25, 0.3) is 10.8 Å². The van der Waals surface area contributed by atoms with E-state index in [1.165, 1.54) is 12.1 Å². The number of carbonyl (C=O) groups excluding carboxylic acids is 1. The van der Waals surface area contributed by atoms with Crippen LogP contribution in [0, 0.1) is 6.92 Å². The van der Waals surface area contributed by atoms with Gasteiger partial charge in [-0.25, -0.2) is 0 Å². The van der Waals surface area contributed by atoms with Gasteiger partial charge in [-0.05, 0) is 68.3 Å². The molecular weight excluding hydrogens is 440 g/mol. The summed E-state index contributed by atoms with van der Waals surface area (Å²) in [6.45, 7) is 7.06. The van der Waals surface area contributed by atoms with E-state index in [1.807, 2.05) is 43.3 Å². The van der Waals surface area contributed by atoms with Gasteiger partial charge in [0.2, 0.25) is 0 Å². The first-order chi connectivity index (χ1) is 15.6. The largest absolute Gasteiger partial charge is 0.497 e. The van der Waals surface area contributed by atoms with E-state index in [9.17, 15) is 13.2 Å². The summed E-state index contributed by atoms with van der Waals surface area (Å²) in [7, 11) is -2.26. The van der Waals surface area contributed by atoms with Gasteiger partial charge in [0.1, 0.15) is 11.9 Å². The van der Waals surface area contributed by atoms with E-state index in [2.05, 4.69) is 0 Å². The number of esters is 1. The lowest BCUT2D eigenvalue weighted by Crippen LogP contribution is -2.25. The van der Waals surface area contributed by atoms with Crippen molar-refractivity contribution in [1.29, 1.82) is 0 Å². The monoisotopic (exact) mass is 470 g/mol. The van der Waals surface area contributed by atoms with Gasteiger partial charge in [-0.2, -0.15) is 8.42 Å². The Morgan fingerprint density at radius 3 is 2.18 bits per heavy atom. The highest BCUT2D eigenvalue weighted by Gasteiger charge is 2.24. The van der Waals surface area contributed by atoms with Gasteiger partial charge in [0, 0.05) is 6.42 Å². The molecule has 3 aromatic carbocycles. The molecule has 0 fully saturated rings. The second-order valence-corrected chi connectivity index (χ2v) is 9.92. The molecule has 0 saturated carbocycles. The van der Waals surface area contributed by atoms with E-state index in [4.69, 9.17) is 13.7 Å². The molecule has 0 amide bonds. The molecule has 0 N–H and O–H groups in total. The molecule has 6 nitrogen and oxygen atoms in total. The van der Waals surface area contributed by atoms with Crippen molar-refractivity contribution < 1.29 is 26.9 Å². The van der Waals surface area contributed by atoms with Gasteiger partial charge < -0.3 is 9.47 Å². The first-order valence-electron chi connectivity index (χ1n) is 10.9. The number of ether oxygens (including phenoxy) is 2. The number of fused-ring (bicyclic) bond motifs is 1. The zero-order chi connectivity index (χ0) is 24.2. The molecule has 0 aliphatic carbocycles. The summed E-state index contributed by atoms with van der Waals surface area (Å²) in [5.41, 5.74) is 1.80. The van der Waals surface area contributed by atoms with Gasteiger partial charge in [-0.1, -0.05) is 42.0 Å². The fraction of sp³-hybridized carbons (Fsp3) is 0.346. The number of carbonyl (C=O) groups is 1. The molecule has 0 saturated heterocycles. The molecule has 0 heterocycles. The predicted molar refractivity (Wildman–Crippen MR) is 128 cm³/mol. The molecule has 7 heteroatoms. The summed E-state index contributed by atoms with van der Waals surface area (Å²) in [4.78, 5) is 12.8. The minimum absolute atomic E-state index is 0.104. The summed E-state index contributed by atoms with van der Waals surface area (Å²) >= 11 is 0. The van der Waals surface area contributed by atoms with Crippen LogP contribution in [-0.4, -0.2) is 33.7 Å². The van der Waals surface area contributed by atoms with Crippen LogP contribution in [0.3, 0.4) is 0 Å². The van der Waals surface area contributed by atoms with Gasteiger partial charge in [-0.3, -0.25) is 8.98 Å². The number of aryl methyl sites for hydroxylation is 1. The summed E-state index contributed by atoms with van der Waals surface area (Å²) in [6.07, 6.45) is -0.904. The van der Waals surface area contributed by atoms with Crippen LogP contribution in [0.1, 0.15) is 44.2 Å². The zero-order valence-corrected chi connectivity index (χ0v) is 20.4. The van der Waals surface area contributed by atoms with Crippen LogP contribution in [0.5, 0.6) is 5.75 Å². The highest BCUT2D eigenvalue weighted by atomic mass is 32.2. The Morgan fingerprint density at radius 1 is 0.879 bits per heavy atom. The Kier molecular flexibility index (Phi) is 7.76. The first-order valence-corrected chi connectivity index (χ1v) is 12.3. The van der Waals surface area contributed by atoms with Gasteiger partial charge in [0.05, 0.1) is 24.0 Å². The van der Waals surface area contributed by atoms with Crippen molar-refractivity contribution in [3.05, 3.63) is 71.8 Å². The quantitative estimate of drug-likeness (QED) is 0.309. The van der Waals surface area contributed by atoms with Crippen LogP contribution >= 0.6 is 0 Å². The Morgan fingerprint density at radius 2 is 1.52 bits per heavy atom. The highest BCUT2D eigenvalue weighted by Crippen LogP contribution is 2.26. The zero-order valence-electron chi connectivity index (χ0n) is 19.6. The van der Waals surface area contributed by atoms with E-state index in [0.717, 1.165) is 27.6 Å². The molecule has 0 radical (unpaired) electrons. The van der Waals surface area contributed by atoms with Crippen molar-refractivity contribution >= 4 is 26.9 Å². The van der Waals surface area contributed by atoms with Crippen molar-refractivity contribution in [1.82, 2.24) is 0 Å². The molecule has 3 rings (SSSR count). The second kappa shape index (κ2) is 10.4. The Hall–Kier alpha value is -2.90. The van der Waals surface area contributed by atoms with Crippen LogP contribution < -0.4 is 4.74 Å². The number of hydrogen-bond acceptors (Lipinski definition) is 6. The van der Waals surface area contributed by atoms with Gasteiger partial charge in [0.25, 0.3) is 10.1 Å². The molecule has 0 spiro atoms. The molecule has 0 bridgehead atoms. The lowest BCUT2D eigenvalue weighted by molar-refractivity contribution is -0.150.